The minimum atomic E-state index is 0. The van der Waals surface area contributed by atoms with Gasteiger partial charge in [0.1, 0.15) is 5.75 Å². The van der Waals surface area contributed by atoms with Gasteiger partial charge < -0.3 is 14.7 Å². The van der Waals surface area contributed by atoms with Crippen LogP contribution in [0.5, 0.6) is 5.75 Å². The Morgan fingerprint density at radius 3 is 2.74 bits per heavy atom. The summed E-state index contributed by atoms with van der Waals surface area (Å²) in [6.45, 7) is 3.11. The number of hydrogen-bond donors (Lipinski definition) is 1. The van der Waals surface area contributed by atoms with Crippen LogP contribution in [0.4, 0.5) is 5.82 Å². The van der Waals surface area contributed by atoms with E-state index in [4.69, 9.17) is 9.72 Å². The third-order valence-corrected chi connectivity index (χ3v) is 4.60. The molecule has 1 fully saturated rings. The third-order valence-electron chi connectivity index (χ3n) is 3.70. The molecular weight excluding hydrogens is 334 g/mol. The molecule has 0 spiro atoms. The van der Waals surface area contributed by atoms with Gasteiger partial charge in [0.25, 0.3) is 0 Å². The number of phenolic OH excluding ortho intramolecular Hbond substituents is 1. The van der Waals surface area contributed by atoms with Gasteiger partial charge >= 0.3 is 0 Å². The number of phenols is 1. The molecule has 0 radical (unpaired) electrons. The fourth-order valence-electron chi connectivity index (χ4n) is 2.61. The number of halogens is 1. The summed E-state index contributed by atoms with van der Waals surface area (Å²) in [6, 6.07) is 9.07. The van der Waals surface area contributed by atoms with E-state index in [-0.39, 0.29) is 18.2 Å². The average Bonchev–Trinajstić information content (AvgIpc) is 3.03. The van der Waals surface area contributed by atoms with Crippen LogP contribution in [0.2, 0.25) is 0 Å². The number of aromatic nitrogens is 2. The van der Waals surface area contributed by atoms with Gasteiger partial charge in [-0.25, -0.2) is 9.97 Å². The maximum atomic E-state index is 9.69. The highest BCUT2D eigenvalue weighted by Gasteiger charge is 2.18. The summed E-state index contributed by atoms with van der Waals surface area (Å²) in [5.41, 5.74) is 1.77. The summed E-state index contributed by atoms with van der Waals surface area (Å²) in [6.07, 6.45) is 0. The van der Waals surface area contributed by atoms with Crippen LogP contribution in [0.3, 0.4) is 0 Å². The number of nitrogens with zero attached hydrogens (tertiary/aromatic N) is 3. The highest BCUT2D eigenvalue weighted by Crippen LogP contribution is 2.32. The molecule has 0 saturated carbocycles. The van der Waals surface area contributed by atoms with Crippen molar-refractivity contribution in [1.82, 2.24) is 9.97 Å². The lowest BCUT2D eigenvalue weighted by Gasteiger charge is -2.28. The molecule has 0 atom stereocenters. The number of anilines is 1. The minimum absolute atomic E-state index is 0. The van der Waals surface area contributed by atoms with Crippen LogP contribution < -0.4 is 4.90 Å². The second kappa shape index (κ2) is 6.70. The molecule has 23 heavy (non-hydrogen) atoms. The van der Waals surface area contributed by atoms with E-state index in [9.17, 15) is 5.11 Å². The predicted octanol–water partition coefficient (Wildman–Crippen LogP) is 3.32. The zero-order valence-electron chi connectivity index (χ0n) is 12.3. The Balaban J connectivity index is 0.00000156. The quantitative estimate of drug-likeness (QED) is 0.769. The first-order valence-electron chi connectivity index (χ1n) is 7.18. The van der Waals surface area contributed by atoms with E-state index in [0.717, 1.165) is 47.9 Å². The van der Waals surface area contributed by atoms with Gasteiger partial charge in [-0.05, 0) is 23.6 Å². The molecule has 3 aromatic rings. The molecule has 0 aliphatic carbocycles. The average molecular weight is 350 g/mol. The van der Waals surface area contributed by atoms with Crippen molar-refractivity contribution in [3.8, 4) is 17.1 Å². The lowest BCUT2D eigenvalue weighted by molar-refractivity contribution is 0.122. The largest absolute Gasteiger partial charge is 0.508 e. The number of aromatic hydroxyl groups is 1. The van der Waals surface area contributed by atoms with Crippen molar-refractivity contribution in [3.63, 3.8) is 0 Å². The van der Waals surface area contributed by atoms with Gasteiger partial charge in [0.15, 0.2) is 11.6 Å². The monoisotopic (exact) mass is 349 g/mol. The molecule has 2 aromatic heterocycles. The van der Waals surface area contributed by atoms with Gasteiger partial charge in [0.05, 0.1) is 23.4 Å². The molecule has 1 N–H and O–H groups in total. The lowest BCUT2D eigenvalue weighted by atomic mass is 10.2. The first-order chi connectivity index (χ1) is 10.8. The van der Waals surface area contributed by atoms with E-state index in [1.165, 1.54) is 0 Å². The van der Waals surface area contributed by atoms with Crippen molar-refractivity contribution in [2.45, 2.75) is 0 Å². The fourth-order valence-corrected chi connectivity index (χ4v) is 3.46. The van der Waals surface area contributed by atoms with Gasteiger partial charge in [-0.2, -0.15) is 0 Å². The van der Waals surface area contributed by atoms with E-state index in [2.05, 4.69) is 9.88 Å². The van der Waals surface area contributed by atoms with E-state index in [1.54, 1.807) is 29.5 Å². The van der Waals surface area contributed by atoms with Crippen LogP contribution in [0.15, 0.2) is 35.7 Å². The Kier molecular flexibility index (Phi) is 4.66. The molecule has 1 saturated heterocycles. The lowest BCUT2D eigenvalue weighted by Crippen LogP contribution is -2.36. The van der Waals surface area contributed by atoms with Crippen LogP contribution in [-0.2, 0) is 4.74 Å². The fraction of sp³-hybridized carbons (Fsp3) is 0.250. The first-order valence-corrected chi connectivity index (χ1v) is 8.06. The molecule has 0 unspecified atom stereocenters. The molecule has 1 aliphatic rings. The van der Waals surface area contributed by atoms with Gasteiger partial charge in [0.2, 0.25) is 0 Å². The predicted molar refractivity (Wildman–Crippen MR) is 94.8 cm³/mol. The first kappa shape index (κ1) is 16.0. The van der Waals surface area contributed by atoms with Crippen molar-refractivity contribution in [1.29, 1.82) is 0 Å². The summed E-state index contributed by atoms with van der Waals surface area (Å²) in [7, 11) is 0. The van der Waals surface area contributed by atoms with E-state index >= 15 is 0 Å². The summed E-state index contributed by atoms with van der Waals surface area (Å²) >= 11 is 1.66. The summed E-state index contributed by atoms with van der Waals surface area (Å²) in [5.74, 6) is 1.82. The molecule has 0 amide bonds. The number of rotatable bonds is 2. The van der Waals surface area contributed by atoms with Crippen molar-refractivity contribution in [2.24, 2.45) is 0 Å². The molecule has 5 nitrogen and oxygen atoms in total. The SMILES string of the molecule is Cl.Oc1cccc(-c2nc(N3CCOCC3)c3sccc3n2)c1. The van der Waals surface area contributed by atoms with Crippen LogP contribution in [-0.4, -0.2) is 41.4 Å². The normalized spacial score (nSPS) is 14.7. The number of ether oxygens (including phenoxy) is 1. The van der Waals surface area contributed by atoms with Crippen molar-refractivity contribution in [3.05, 3.63) is 35.7 Å². The maximum absolute atomic E-state index is 9.69. The summed E-state index contributed by atoms with van der Waals surface area (Å²) in [4.78, 5) is 11.6. The van der Waals surface area contributed by atoms with E-state index in [0.29, 0.717) is 5.82 Å². The highest BCUT2D eigenvalue weighted by atomic mass is 35.5. The van der Waals surface area contributed by atoms with E-state index in [1.807, 2.05) is 17.5 Å². The number of hydrogen-bond acceptors (Lipinski definition) is 6. The number of fused-ring (bicyclic) bond motifs is 1. The Hall–Kier alpha value is -1.89. The second-order valence-corrected chi connectivity index (χ2v) is 6.07. The maximum Gasteiger partial charge on any atom is 0.162 e. The Morgan fingerprint density at radius 2 is 1.96 bits per heavy atom. The molecule has 7 heteroatoms. The molecule has 3 heterocycles. The summed E-state index contributed by atoms with van der Waals surface area (Å²) in [5, 5.41) is 11.7. The van der Waals surface area contributed by atoms with Gasteiger partial charge in [0, 0.05) is 18.7 Å². The van der Waals surface area contributed by atoms with Crippen LogP contribution >= 0.6 is 23.7 Å². The number of benzene rings is 1. The molecule has 1 aliphatic heterocycles. The number of thiophene rings is 1. The van der Waals surface area contributed by atoms with Crippen LogP contribution in [0.1, 0.15) is 0 Å². The van der Waals surface area contributed by atoms with Crippen molar-refractivity contribution in [2.75, 3.05) is 31.2 Å². The Bertz CT molecular complexity index is 818. The minimum Gasteiger partial charge on any atom is -0.508 e. The van der Waals surface area contributed by atoms with Crippen molar-refractivity contribution >= 4 is 39.8 Å². The van der Waals surface area contributed by atoms with E-state index < -0.39 is 0 Å². The van der Waals surface area contributed by atoms with Crippen LogP contribution in [0, 0.1) is 0 Å². The standard InChI is InChI=1S/C16H15N3O2S.ClH/c20-12-3-1-2-11(10-12)15-17-13-4-9-22-14(13)16(18-15)19-5-7-21-8-6-19;/h1-4,9-10,20H,5-8H2;1H. The Morgan fingerprint density at radius 1 is 1.13 bits per heavy atom. The smallest absolute Gasteiger partial charge is 0.162 e. The third kappa shape index (κ3) is 3.10. The van der Waals surface area contributed by atoms with Gasteiger partial charge in [-0.1, -0.05) is 12.1 Å². The second-order valence-electron chi connectivity index (χ2n) is 5.16. The Labute approximate surface area is 144 Å². The van der Waals surface area contributed by atoms with Crippen molar-refractivity contribution < 1.29 is 9.84 Å². The molecule has 4 rings (SSSR count). The molecule has 0 bridgehead atoms. The van der Waals surface area contributed by atoms with Gasteiger partial charge in [-0.15, -0.1) is 23.7 Å². The zero-order valence-corrected chi connectivity index (χ0v) is 13.9. The van der Waals surface area contributed by atoms with Crippen LogP contribution in [0.25, 0.3) is 21.6 Å². The zero-order chi connectivity index (χ0) is 14.9. The molecule has 1 aromatic carbocycles. The molecular formula is C16H16ClN3O2S. The van der Waals surface area contributed by atoms with Gasteiger partial charge in [-0.3, -0.25) is 0 Å². The topological polar surface area (TPSA) is 58.5 Å². The summed E-state index contributed by atoms with van der Waals surface area (Å²) < 4.78 is 6.53. The number of morpholine rings is 1. The molecule has 120 valence electrons. The highest BCUT2D eigenvalue weighted by molar-refractivity contribution is 7.17.